The molecule has 0 heterocycles. The Morgan fingerprint density at radius 2 is 1.85 bits per heavy atom. The van der Waals surface area contributed by atoms with E-state index < -0.39 is 0 Å². The van der Waals surface area contributed by atoms with Gasteiger partial charge in [-0.2, -0.15) is 0 Å². The van der Waals surface area contributed by atoms with Crippen molar-refractivity contribution in [2.45, 2.75) is 12.8 Å². The molecule has 0 spiro atoms. The number of halogens is 1. The maximum Gasteiger partial charge on any atom is 2.00 e. The second-order valence-electron chi connectivity index (χ2n) is 2.50. The van der Waals surface area contributed by atoms with Crippen LogP contribution in [0.15, 0.2) is 43.0 Å². The van der Waals surface area contributed by atoms with Gasteiger partial charge in [0.15, 0.2) is 0 Å². The van der Waals surface area contributed by atoms with E-state index in [2.05, 4.69) is 37.3 Å². The molecule has 1 aromatic rings. The summed E-state index contributed by atoms with van der Waals surface area (Å²) in [6.07, 6.45) is 6.15. The molecule has 2 heteroatoms. The van der Waals surface area contributed by atoms with Crippen molar-refractivity contribution in [2.75, 3.05) is 0 Å². The maximum absolute atomic E-state index is 3.64. The van der Waals surface area contributed by atoms with E-state index in [1.807, 2.05) is 12.1 Å². The average Bonchev–Trinajstić information content (AvgIpc) is 2.07. The molecular weight excluding hydrogens is 236 g/mol. The third-order valence-electron chi connectivity index (χ3n) is 1.61. The van der Waals surface area contributed by atoms with E-state index in [1.54, 1.807) is 0 Å². The van der Waals surface area contributed by atoms with E-state index in [9.17, 15) is 0 Å². The van der Waals surface area contributed by atoms with Gasteiger partial charge in [0, 0.05) is 0 Å². The van der Waals surface area contributed by atoms with Crippen molar-refractivity contribution in [3.05, 3.63) is 55.0 Å². The third-order valence-corrected chi connectivity index (χ3v) is 1.61. The molecule has 0 aliphatic rings. The van der Waals surface area contributed by atoms with Crippen LogP contribution in [0.5, 0.6) is 0 Å². The molecule has 0 nitrogen and oxygen atoms in total. The summed E-state index contributed by atoms with van der Waals surface area (Å²) >= 11 is 0. The normalized spacial score (nSPS) is 7.69. The Morgan fingerprint density at radius 3 is 2.38 bits per heavy atom. The van der Waals surface area contributed by atoms with E-state index in [0.29, 0.717) is 0 Å². The first kappa shape index (κ1) is 15.5. The number of benzene rings is 1. The third kappa shape index (κ3) is 7.17. The van der Waals surface area contributed by atoms with Crippen LogP contribution >= 0.6 is 0 Å². The Balaban J connectivity index is 0. The first-order valence-electron chi connectivity index (χ1n) is 3.91. The Morgan fingerprint density at radius 1 is 1.23 bits per heavy atom. The quantitative estimate of drug-likeness (QED) is 0.388. The Labute approximate surface area is 107 Å². The molecule has 0 saturated carbocycles. The van der Waals surface area contributed by atoms with Gasteiger partial charge >= 0.3 is 23.1 Å². The van der Waals surface area contributed by atoms with Crippen LogP contribution in [0.25, 0.3) is 0 Å². The molecule has 0 unspecified atom stereocenters. The van der Waals surface area contributed by atoms with Crippen molar-refractivity contribution in [3.63, 3.8) is 0 Å². The van der Waals surface area contributed by atoms with Crippen molar-refractivity contribution in [3.8, 4) is 0 Å². The molecule has 0 atom stereocenters. The van der Waals surface area contributed by atoms with Gasteiger partial charge in [0.1, 0.15) is 0 Å². The van der Waals surface area contributed by atoms with Crippen LogP contribution in [-0.2, 0) is 6.42 Å². The topological polar surface area (TPSA) is 0 Å². The minimum absolute atomic E-state index is 0. The number of rotatable bonds is 4. The van der Waals surface area contributed by atoms with Crippen molar-refractivity contribution in [2.24, 2.45) is 0 Å². The summed E-state index contributed by atoms with van der Waals surface area (Å²) in [5, 5.41) is 0. The second kappa shape index (κ2) is 10.2. The molecule has 1 aromatic carbocycles. The molecule has 0 bridgehead atoms. The molecule has 0 saturated heterocycles. The van der Waals surface area contributed by atoms with Crippen LogP contribution < -0.4 is 17.0 Å². The molecule has 0 amide bonds. The van der Waals surface area contributed by atoms with Gasteiger partial charge in [0.05, 0.1) is 0 Å². The van der Waals surface area contributed by atoms with Gasteiger partial charge < -0.3 is 17.0 Å². The van der Waals surface area contributed by atoms with Gasteiger partial charge in [-0.1, -0.05) is 36.8 Å². The van der Waals surface area contributed by atoms with E-state index in [0.717, 1.165) is 12.8 Å². The fourth-order valence-corrected chi connectivity index (χ4v) is 1.01. The first-order valence-corrected chi connectivity index (χ1v) is 3.91. The zero-order valence-electron chi connectivity index (χ0n) is 7.75. The van der Waals surface area contributed by atoms with Crippen molar-refractivity contribution < 1.29 is 17.0 Å². The van der Waals surface area contributed by atoms with Crippen LogP contribution in [0.2, 0.25) is 0 Å². The van der Waals surface area contributed by atoms with Gasteiger partial charge in [0.2, 0.25) is 0 Å². The summed E-state index contributed by atoms with van der Waals surface area (Å²) in [5.41, 5.74) is 1.39. The van der Waals surface area contributed by atoms with E-state index >= 15 is 0 Å². The van der Waals surface area contributed by atoms with Crippen molar-refractivity contribution in [1.82, 2.24) is 0 Å². The molecule has 13 heavy (non-hydrogen) atoms. The van der Waals surface area contributed by atoms with Crippen LogP contribution in [0, 0.1) is 6.42 Å². The zero-order chi connectivity index (χ0) is 7.94. The standard InChI is InChI=1S/C11H13.BrH.Mg/c1-2-3-5-8-11-9-6-4-7-10-11;;/h2-4,6-7,9-10H,1,5,8H2;1H;/q-1;;+2/p-1. The molecule has 1 rings (SSSR count). The minimum atomic E-state index is 0. The summed E-state index contributed by atoms with van der Waals surface area (Å²) < 4.78 is 0. The van der Waals surface area contributed by atoms with Gasteiger partial charge in [-0.3, -0.25) is 0 Å². The zero-order valence-corrected chi connectivity index (χ0v) is 10.7. The number of aryl methyl sites for hydroxylation is 1. The van der Waals surface area contributed by atoms with E-state index in [1.165, 1.54) is 5.56 Å². The Hall–Kier alpha value is 0.0762. The van der Waals surface area contributed by atoms with E-state index in [-0.39, 0.29) is 40.0 Å². The number of hydrogen-bond acceptors (Lipinski definition) is 0. The van der Waals surface area contributed by atoms with Crippen LogP contribution in [-0.4, -0.2) is 23.1 Å². The molecule has 0 N–H and O–H groups in total. The number of unbranched alkanes of at least 4 members (excludes halogenated alkanes) is 1. The minimum Gasteiger partial charge on any atom is -1.00 e. The Bertz CT molecular complexity index is 209. The summed E-state index contributed by atoms with van der Waals surface area (Å²) in [5.74, 6) is 0. The predicted octanol–water partition coefficient (Wildman–Crippen LogP) is -0.367. The molecule has 0 aliphatic heterocycles. The summed E-state index contributed by atoms with van der Waals surface area (Å²) in [6, 6.07) is 10.5. The molecule has 66 valence electrons. The fraction of sp³-hybridized carbons (Fsp3) is 0.182. The van der Waals surface area contributed by atoms with E-state index in [4.69, 9.17) is 0 Å². The van der Waals surface area contributed by atoms with Crippen LogP contribution in [0.3, 0.4) is 0 Å². The molecule has 0 aromatic heterocycles. The van der Waals surface area contributed by atoms with Crippen molar-refractivity contribution in [1.29, 1.82) is 0 Å². The number of hydrogen-bond donors (Lipinski definition) is 0. The molecule has 0 fully saturated rings. The van der Waals surface area contributed by atoms with Gasteiger partial charge in [-0.15, -0.1) is 0 Å². The van der Waals surface area contributed by atoms with Gasteiger partial charge in [0.25, 0.3) is 0 Å². The van der Waals surface area contributed by atoms with Gasteiger partial charge in [-0.05, 0) is 12.0 Å². The monoisotopic (exact) mass is 248 g/mol. The van der Waals surface area contributed by atoms with Gasteiger partial charge in [-0.25, -0.2) is 19.1 Å². The molecule has 0 radical (unpaired) electrons. The summed E-state index contributed by atoms with van der Waals surface area (Å²) in [6.45, 7) is 3.64. The predicted molar refractivity (Wildman–Crippen MR) is 55.0 cm³/mol. The fourth-order valence-electron chi connectivity index (χ4n) is 1.01. The second-order valence-corrected chi connectivity index (χ2v) is 2.50. The van der Waals surface area contributed by atoms with Crippen molar-refractivity contribution >= 4 is 23.1 Å². The van der Waals surface area contributed by atoms with Crippen LogP contribution in [0.1, 0.15) is 12.0 Å². The average molecular weight is 249 g/mol. The summed E-state index contributed by atoms with van der Waals surface area (Å²) in [7, 11) is 0. The number of allylic oxidation sites excluding steroid dienone is 1. The SMILES string of the molecule is C=C[CH-]CCc1ccccc1.[Br-].[Mg+2]. The first-order chi connectivity index (χ1) is 5.43. The molecular formula is C11H13BrMg. The Kier molecular flexibility index (Phi) is 12.1. The summed E-state index contributed by atoms with van der Waals surface area (Å²) in [4.78, 5) is 0. The van der Waals surface area contributed by atoms with Crippen LogP contribution in [0.4, 0.5) is 0 Å². The largest absolute Gasteiger partial charge is 2.00 e. The maximum atomic E-state index is 3.64. The molecule has 0 aliphatic carbocycles. The smallest absolute Gasteiger partial charge is 1.00 e.